The summed E-state index contributed by atoms with van der Waals surface area (Å²) in [5.74, 6) is 0.411. The highest BCUT2D eigenvalue weighted by Gasteiger charge is 2.26. The van der Waals surface area contributed by atoms with E-state index in [2.05, 4.69) is 55.4 Å². The maximum atomic E-state index is 10.6. The topological polar surface area (TPSA) is 158 Å². The number of aliphatic hydroxyl groups is 1. The highest BCUT2D eigenvalue weighted by atomic mass is 16.4. The summed E-state index contributed by atoms with van der Waals surface area (Å²) in [5.41, 5.74) is 4.86. The zero-order chi connectivity index (χ0) is 32.7. The summed E-state index contributed by atoms with van der Waals surface area (Å²) in [6, 6.07) is -0.00704. The summed E-state index contributed by atoms with van der Waals surface area (Å²) in [6.45, 7) is 24.6. The lowest BCUT2D eigenvalue weighted by atomic mass is 9.81. The van der Waals surface area contributed by atoms with E-state index in [1.165, 1.54) is 0 Å². The number of nitrogens with two attached hydrogens (primary N) is 1. The molecule has 0 aromatic heterocycles. The van der Waals surface area contributed by atoms with Crippen LogP contribution in [0.15, 0.2) is 0 Å². The summed E-state index contributed by atoms with van der Waals surface area (Å²) < 4.78 is 0. The van der Waals surface area contributed by atoms with Gasteiger partial charge in [0.1, 0.15) is 0 Å². The Bertz CT molecular complexity index is 641. The zero-order valence-electron chi connectivity index (χ0n) is 28.0. The molecule has 242 valence electrons. The van der Waals surface area contributed by atoms with E-state index in [-0.39, 0.29) is 24.5 Å². The molecular weight excluding hydrogens is 510 g/mol. The number of rotatable bonds is 16. The van der Waals surface area contributed by atoms with Crippen molar-refractivity contribution in [2.45, 2.75) is 147 Å². The predicted octanol–water partition coefficient (Wildman–Crippen LogP) is 7.71. The first-order chi connectivity index (χ1) is 18.0. The number of carboxylic acid groups (broad SMARTS) is 3. The second kappa shape index (κ2) is 25.1. The van der Waals surface area contributed by atoms with E-state index >= 15 is 0 Å². The Morgan fingerprint density at radius 1 is 0.675 bits per heavy atom. The molecule has 0 amide bonds. The third-order valence-electron chi connectivity index (χ3n) is 6.04. The smallest absolute Gasteiger partial charge is 0.309 e. The van der Waals surface area contributed by atoms with Gasteiger partial charge in [-0.15, -0.1) is 0 Å². The Morgan fingerprint density at radius 3 is 1.43 bits per heavy atom. The fraction of sp³-hybridized carbons (Fsp3) is 0.906. The molecule has 0 saturated heterocycles. The van der Waals surface area contributed by atoms with Crippen LogP contribution in [-0.4, -0.2) is 51.0 Å². The SMILES string of the molecule is CC(C)CC(C)(C)CC(=O)O.CC(C)CCC(C)(C)C(=O)O.CC(C)CCC(N)CO.CC(C)CCCC(=O)O. The maximum Gasteiger partial charge on any atom is 0.309 e. The average molecular weight is 578 g/mol. The van der Waals surface area contributed by atoms with Gasteiger partial charge >= 0.3 is 17.9 Å². The minimum Gasteiger partial charge on any atom is -0.481 e. The fourth-order valence-electron chi connectivity index (χ4n) is 3.64. The molecular formula is C32H67NO7. The third-order valence-corrected chi connectivity index (χ3v) is 6.04. The highest BCUT2D eigenvalue weighted by molar-refractivity contribution is 5.73. The lowest BCUT2D eigenvalue weighted by molar-refractivity contribution is -0.147. The maximum absolute atomic E-state index is 10.6. The second-order valence-electron chi connectivity index (χ2n) is 14.0. The van der Waals surface area contributed by atoms with Crippen molar-refractivity contribution in [2.75, 3.05) is 6.61 Å². The summed E-state index contributed by atoms with van der Waals surface area (Å²) >= 11 is 0. The van der Waals surface area contributed by atoms with Crippen molar-refractivity contribution in [2.24, 2.45) is 40.2 Å². The Hall–Kier alpha value is -1.67. The van der Waals surface area contributed by atoms with E-state index in [1.54, 1.807) is 13.8 Å². The Labute approximate surface area is 246 Å². The predicted molar refractivity (Wildman–Crippen MR) is 166 cm³/mol. The van der Waals surface area contributed by atoms with Gasteiger partial charge in [-0.3, -0.25) is 14.4 Å². The van der Waals surface area contributed by atoms with Gasteiger partial charge in [-0.1, -0.05) is 75.7 Å². The number of carbonyl (C=O) groups is 3. The van der Waals surface area contributed by atoms with Crippen LogP contribution in [0.1, 0.15) is 141 Å². The molecule has 0 fully saturated rings. The summed E-state index contributed by atoms with van der Waals surface area (Å²) in [4.78, 5) is 31.0. The van der Waals surface area contributed by atoms with Crippen molar-refractivity contribution in [1.82, 2.24) is 0 Å². The van der Waals surface area contributed by atoms with Gasteiger partial charge in [0.15, 0.2) is 0 Å². The van der Waals surface area contributed by atoms with E-state index < -0.39 is 23.3 Å². The van der Waals surface area contributed by atoms with Gasteiger partial charge in [-0.25, -0.2) is 0 Å². The van der Waals surface area contributed by atoms with Gasteiger partial charge in [0.25, 0.3) is 0 Å². The lowest BCUT2D eigenvalue weighted by Gasteiger charge is -2.24. The molecule has 0 saturated carbocycles. The van der Waals surface area contributed by atoms with E-state index in [4.69, 9.17) is 26.2 Å². The van der Waals surface area contributed by atoms with Crippen molar-refractivity contribution in [3.63, 3.8) is 0 Å². The van der Waals surface area contributed by atoms with E-state index in [0.29, 0.717) is 30.1 Å². The molecule has 6 N–H and O–H groups in total. The average Bonchev–Trinajstić information content (AvgIpc) is 2.75. The minimum absolute atomic E-state index is 0.00704. The molecule has 0 aliphatic rings. The first-order valence-corrected chi connectivity index (χ1v) is 15.0. The molecule has 0 aromatic carbocycles. The van der Waals surface area contributed by atoms with Crippen LogP contribution in [0.3, 0.4) is 0 Å². The normalized spacial score (nSPS) is 12.2. The van der Waals surface area contributed by atoms with Crippen LogP contribution in [-0.2, 0) is 14.4 Å². The molecule has 8 heteroatoms. The molecule has 0 bridgehead atoms. The molecule has 0 aromatic rings. The highest BCUT2D eigenvalue weighted by Crippen LogP contribution is 2.28. The summed E-state index contributed by atoms with van der Waals surface area (Å²) in [5, 5.41) is 34.1. The van der Waals surface area contributed by atoms with Crippen LogP contribution in [0, 0.1) is 34.5 Å². The van der Waals surface area contributed by atoms with Crippen LogP contribution in [0.2, 0.25) is 0 Å². The molecule has 0 spiro atoms. The number of hydrogen-bond donors (Lipinski definition) is 5. The standard InChI is InChI=1S/2C9H18O2.C7H17NO.C7H14O2/c1-7(2)5-9(3,4)6-8(10)11;1-7(2)5-6-9(3,4)8(10)11;1-6(2)3-4-7(8)5-9;1-6(2)4-3-5-7(8)9/h2*7H,5-6H2,1-4H3,(H,10,11);6-7,9H,3-5,8H2,1-2H3;6H,3-5H2,1-2H3,(H,8,9). The van der Waals surface area contributed by atoms with Crippen molar-refractivity contribution < 1.29 is 34.8 Å². The van der Waals surface area contributed by atoms with Crippen LogP contribution in [0.25, 0.3) is 0 Å². The van der Waals surface area contributed by atoms with Gasteiger partial charge in [0.05, 0.1) is 18.4 Å². The fourth-order valence-corrected chi connectivity index (χ4v) is 3.64. The molecule has 40 heavy (non-hydrogen) atoms. The number of carboxylic acids is 3. The second-order valence-corrected chi connectivity index (χ2v) is 14.0. The van der Waals surface area contributed by atoms with Crippen LogP contribution in [0.4, 0.5) is 0 Å². The van der Waals surface area contributed by atoms with Gasteiger partial charge in [0.2, 0.25) is 0 Å². The largest absolute Gasteiger partial charge is 0.481 e. The quantitative estimate of drug-likeness (QED) is 0.125. The van der Waals surface area contributed by atoms with Gasteiger partial charge in [-0.05, 0) is 81.5 Å². The molecule has 8 nitrogen and oxygen atoms in total. The molecule has 0 rings (SSSR count). The molecule has 0 radical (unpaired) electrons. The number of hydrogen-bond acceptors (Lipinski definition) is 5. The molecule has 0 heterocycles. The van der Waals surface area contributed by atoms with Crippen molar-refractivity contribution in [3.8, 4) is 0 Å². The van der Waals surface area contributed by atoms with E-state index in [0.717, 1.165) is 44.9 Å². The summed E-state index contributed by atoms with van der Waals surface area (Å²) in [7, 11) is 0. The summed E-state index contributed by atoms with van der Waals surface area (Å²) in [6.07, 6.45) is 7.19. The first kappa shape index (κ1) is 45.3. The monoisotopic (exact) mass is 577 g/mol. The van der Waals surface area contributed by atoms with Crippen molar-refractivity contribution in [1.29, 1.82) is 0 Å². The zero-order valence-corrected chi connectivity index (χ0v) is 28.0. The van der Waals surface area contributed by atoms with Crippen molar-refractivity contribution >= 4 is 17.9 Å². The van der Waals surface area contributed by atoms with Crippen molar-refractivity contribution in [3.05, 3.63) is 0 Å². The molecule has 1 atom stereocenters. The molecule has 0 aliphatic carbocycles. The van der Waals surface area contributed by atoms with Crippen LogP contribution in [0.5, 0.6) is 0 Å². The van der Waals surface area contributed by atoms with Gasteiger partial charge in [0, 0.05) is 12.5 Å². The van der Waals surface area contributed by atoms with E-state index in [9.17, 15) is 14.4 Å². The Morgan fingerprint density at radius 2 is 1.12 bits per heavy atom. The third kappa shape index (κ3) is 40.8. The Balaban J connectivity index is -0.000000217. The first-order valence-electron chi connectivity index (χ1n) is 15.0. The molecule has 1 unspecified atom stereocenters. The van der Waals surface area contributed by atoms with Crippen LogP contribution < -0.4 is 5.73 Å². The lowest BCUT2D eigenvalue weighted by Crippen LogP contribution is -2.24. The van der Waals surface area contributed by atoms with Crippen LogP contribution >= 0.6 is 0 Å². The minimum atomic E-state index is -0.698. The number of aliphatic carboxylic acids is 3. The molecule has 0 aliphatic heterocycles. The Kier molecular flexibility index (Phi) is 28.4. The van der Waals surface area contributed by atoms with Gasteiger partial charge in [-0.2, -0.15) is 0 Å². The van der Waals surface area contributed by atoms with E-state index in [1.807, 2.05) is 13.8 Å². The number of aliphatic hydroxyl groups excluding tert-OH is 1. The van der Waals surface area contributed by atoms with Gasteiger partial charge < -0.3 is 26.2 Å².